The molecule has 0 saturated carbocycles. The van der Waals surface area contributed by atoms with Gasteiger partial charge in [0.25, 0.3) is 5.56 Å². The van der Waals surface area contributed by atoms with E-state index in [1.807, 2.05) is 26.1 Å². The number of anilines is 3. The molecule has 2 aliphatic heterocycles. The summed E-state index contributed by atoms with van der Waals surface area (Å²) in [7, 11) is 0. The quantitative estimate of drug-likeness (QED) is 0.435. The highest BCUT2D eigenvalue weighted by Crippen LogP contribution is 2.41. The van der Waals surface area contributed by atoms with Crippen LogP contribution in [0.4, 0.5) is 17.3 Å². The van der Waals surface area contributed by atoms with Gasteiger partial charge in [0.2, 0.25) is 5.95 Å². The van der Waals surface area contributed by atoms with Gasteiger partial charge in [0.1, 0.15) is 11.8 Å². The molecule has 38 heavy (non-hydrogen) atoms. The number of aryl methyl sites for hydroxylation is 1. The summed E-state index contributed by atoms with van der Waals surface area (Å²) in [5.41, 5.74) is 4.25. The zero-order valence-corrected chi connectivity index (χ0v) is 21.8. The lowest BCUT2D eigenvalue weighted by Crippen LogP contribution is -2.33. The van der Waals surface area contributed by atoms with Gasteiger partial charge in [0.05, 0.1) is 30.2 Å². The second-order valence-corrected chi connectivity index (χ2v) is 10.3. The van der Waals surface area contributed by atoms with Crippen LogP contribution < -0.4 is 16.2 Å². The SMILES string of the molecule is Cc1cc(Nc2nccc(-c3cc(C#N)c4c(c3)[C@@](C)(CO)CN4)n2)c(=O)n(CCN2CCCOCC2)c1. The number of nitriles is 1. The second kappa shape index (κ2) is 10.9. The normalized spacial score (nSPS) is 19.3. The van der Waals surface area contributed by atoms with Crippen LogP contribution in [0.25, 0.3) is 11.3 Å². The number of rotatable bonds is 7. The second-order valence-electron chi connectivity index (χ2n) is 10.3. The predicted molar refractivity (Wildman–Crippen MR) is 146 cm³/mol. The lowest BCUT2D eigenvalue weighted by molar-refractivity contribution is 0.140. The Morgan fingerprint density at radius 3 is 2.95 bits per heavy atom. The van der Waals surface area contributed by atoms with Gasteiger partial charge in [-0.05, 0) is 48.7 Å². The Balaban J connectivity index is 1.40. The van der Waals surface area contributed by atoms with E-state index in [0.717, 1.165) is 61.6 Å². The summed E-state index contributed by atoms with van der Waals surface area (Å²) in [5, 5.41) is 26.1. The molecule has 0 radical (unpaired) electrons. The molecule has 2 aliphatic rings. The van der Waals surface area contributed by atoms with E-state index in [1.165, 1.54) is 0 Å². The minimum absolute atomic E-state index is 0.0386. The van der Waals surface area contributed by atoms with Crippen LogP contribution >= 0.6 is 0 Å². The van der Waals surface area contributed by atoms with E-state index in [2.05, 4.69) is 31.6 Å². The summed E-state index contributed by atoms with van der Waals surface area (Å²) in [5.74, 6) is 0.295. The van der Waals surface area contributed by atoms with Crippen molar-refractivity contribution in [3.63, 3.8) is 0 Å². The number of hydrogen-bond acceptors (Lipinski definition) is 9. The van der Waals surface area contributed by atoms with Crippen molar-refractivity contribution >= 4 is 17.3 Å². The molecule has 1 fully saturated rings. The van der Waals surface area contributed by atoms with Crippen molar-refractivity contribution in [1.29, 1.82) is 5.26 Å². The van der Waals surface area contributed by atoms with E-state index in [0.29, 0.717) is 36.0 Å². The summed E-state index contributed by atoms with van der Waals surface area (Å²) in [4.78, 5) is 24.6. The number of fused-ring (bicyclic) bond motifs is 1. The fourth-order valence-electron chi connectivity index (χ4n) is 5.08. The van der Waals surface area contributed by atoms with Crippen molar-refractivity contribution in [2.24, 2.45) is 0 Å². The Kier molecular flexibility index (Phi) is 7.42. The molecule has 0 unspecified atom stereocenters. The maximum absolute atomic E-state index is 13.3. The van der Waals surface area contributed by atoms with Gasteiger partial charge in [-0.15, -0.1) is 0 Å². The molecule has 4 heterocycles. The maximum Gasteiger partial charge on any atom is 0.274 e. The lowest BCUT2D eigenvalue weighted by Gasteiger charge is -2.21. The van der Waals surface area contributed by atoms with E-state index in [-0.39, 0.29) is 12.2 Å². The summed E-state index contributed by atoms with van der Waals surface area (Å²) < 4.78 is 7.26. The smallest absolute Gasteiger partial charge is 0.274 e. The molecule has 0 bridgehead atoms. The van der Waals surface area contributed by atoms with Crippen LogP contribution in [-0.4, -0.2) is 70.5 Å². The van der Waals surface area contributed by atoms with E-state index in [9.17, 15) is 15.2 Å². The number of benzene rings is 1. The molecule has 0 spiro atoms. The van der Waals surface area contributed by atoms with Gasteiger partial charge in [0, 0.05) is 62.7 Å². The van der Waals surface area contributed by atoms with Crippen molar-refractivity contribution in [3.8, 4) is 17.3 Å². The van der Waals surface area contributed by atoms with Crippen LogP contribution in [0.1, 0.15) is 30.0 Å². The molecule has 10 heteroatoms. The average molecular weight is 516 g/mol. The highest BCUT2D eigenvalue weighted by atomic mass is 16.5. The van der Waals surface area contributed by atoms with E-state index < -0.39 is 5.41 Å². The first kappa shape index (κ1) is 25.9. The molecular weight excluding hydrogens is 482 g/mol. The van der Waals surface area contributed by atoms with Crippen molar-refractivity contribution in [2.45, 2.75) is 32.2 Å². The van der Waals surface area contributed by atoms with E-state index in [1.54, 1.807) is 29.0 Å². The third-order valence-corrected chi connectivity index (χ3v) is 7.31. The van der Waals surface area contributed by atoms with E-state index in [4.69, 9.17) is 4.74 Å². The average Bonchev–Trinajstić information content (AvgIpc) is 3.08. The zero-order chi connectivity index (χ0) is 26.7. The molecular formula is C28H33N7O3. The third kappa shape index (κ3) is 5.27. The minimum atomic E-state index is -0.488. The van der Waals surface area contributed by atoms with Crippen molar-refractivity contribution in [2.75, 3.05) is 56.6 Å². The Morgan fingerprint density at radius 2 is 2.13 bits per heavy atom. The molecule has 5 rings (SSSR count). The molecule has 0 aliphatic carbocycles. The van der Waals surface area contributed by atoms with Gasteiger partial charge in [-0.2, -0.15) is 5.26 Å². The monoisotopic (exact) mass is 515 g/mol. The number of hydrogen-bond donors (Lipinski definition) is 3. The summed E-state index contributed by atoms with van der Waals surface area (Å²) in [6.45, 7) is 9.15. The van der Waals surface area contributed by atoms with Crippen LogP contribution in [0.5, 0.6) is 0 Å². The van der Waals surface area contributed by atoms with Gasteiger partial charge in [-0.1, -0.05) is 6.92 Å². The summed E-state index contributed by atoms with van der Waals surface area (Å²) in [6.07, 6.45) is 4.50. The first-order valence-corrected chi connectivity index (χ1v) is 13.0. The summed E-state index contributed by atoms with van der Waals surface area (Å²) in [6, 6.07) is 9.58. The fraction of sp³-hybridized carbons (Fsp3) is 0.429. The number of ether oxygens (including phenoxy) is 1. The van der Waals surface area contributed by atoms with Gasteiger partial charge in [0.15, 0.2) is 0 Å². The molecule has 10 nitrogen and oxygen atoms in total. The fourth-order valence-corrected chi connectivity index (χ4v) is 5.08. The molecule has 3 aromatic rings. The van der Waals surface area contributed by atoms with Gasteiger partial charge in [-0.3, -0.25) is 9.69 Å². The maximum atomic E-state index is 13.3. The van der Waals surface area contributed by atoms with Crippen LogP contribution in [0.3, 0.4) is 0 Å². The van der Waals surface area contributed by atoms with Crippen molar-refractivity contribution in [3.05, 3.63) is 63.7 Å². The summed E-state index contributed by atoms with van der Waals surface area (Å²) >= 11 is 0. The number of aromatic nitrogens is 3. The largest absolute Gasteiger partial charge is 0.395 e. The standard InChI is InChI=1S/C28H33N7O3/c1-19-12-24(26(37)35(16-19)8-7-34-6-3-10-38-11-9-34)33-27-30-5-4-23(32-27)20-13-21(15-29)25-22(14-20)28(2,18-36)17-31-25/h4-5,12-14,16,31,36H,3,6-11,17-18H2,1-2H3,(H,30,32,33)/t28-/m1/s1. The van der Waals surface area contributed by atoms with Crippen LogP contribution in [0.2, 0.25) is 0 Å². The Hall–Kier alpha value is -3.78. The molecule has 1 saturated heterocycles. The first-order chi connectivity index (χ1) is 18.4. The van der Waals surface area contributed by atoms with E-state index >= 15 is 0 Å². The minimum Gasteiger partial charge on any atom is -0.395 e. The topological polar surface area (TPSA) is 128 Å². The highest BCUT2D eigenvalue weighted by molar-refractivity contribution is 5.76. The van der Waals surface area contributed by atoms with Crippen molar-refractivity contribution < 1.29 is 9.84 Å². The Morgan fingerprint density at radius 1 is 1.26 bits per heavy atom. The van der Waals surface area contributed by atoms with Crippen molar-refractivity contribution in [1.82, 2.24) is 19.4 Å². The number of nitrogens with zero attached hydrogens (tertiary/aromatic N) is 5. The lowest BCUT2D eigenvalue weighted by atomic mass is 9.83. The first-order valence-electron chi connectivity index (χ1n) is 13.0. The van der Waals surface area contributed by atoms with Gasteiger partial charge >= 0.3 is 0 Å². The molecule has 1 atom stereocenters. The number of aliphatic hydroxyl groups is 1. The molecule has 0 amide bonds. The van der Waals surface area contributed by atoms with Gasteiger partial charge in [-0.25, -0.2) is 9.97 Å². The van der Waals surface area contributed by atoms with Crippen LogP contribution in [0, 0.1) is 18.3 Å². The highest BCUT2D eigenvalue weighted by Gasteiger charge is 2.36. The number of nitrogens with one attached hydrogen (secondary N) is 2. The molecule has 1 aromatic carbocycles. The zero-order valence-electron chi connectivity index (χ0n) is 21.8. The molecule has 2 aromatic heterocycles. The van der Waals surface area contributed by atoms with Crippen LogP contribution in [-0.2, 0) is 16.7 Å². The number of pyridine rings is 1. The predicted octanol–water partition coefficient (Wildman–Crippen LogP) is 2.63. The Bertz CT molecular complexity index is 1420. The van der Waals surface area contributed by atoms with Gasteiger partial charge < -0.3 is 25.0 Å². The third-order valence-electron chi connectivity index (χ3n) is 7.31. The molecule has 198 valence electrons. The number of aliphatic hydroxyl groups excluding tert-OH is 1. The Labute approximate surface area is 221 Å². The van der Waals surface area contributed by atoms with Crippen LogP contribution in [0.15, 0.2) is 41.5 Å². The molecule has 3 N–H and O–H groups in total.